The second-order valence-corrected chi connectivity index (χ2v) is 4.85. The molecular formula is C15H24N2O2. The zero-order chi connectivity index (χ0) is 14.3. The highest BCUT2D eigenvalue weighted by Crippen LogP contribution is 2.25. The van der Waals surface area contributed by atoms with Gasteiger partial charge in [0.15, 0.2) is 0 Å². The van der Waals surface area contributed by atoms with Crippen LogP contribution in [-0.4, -0.2) is 11.0 Å². The smallest absolute Gasteiger partial charge is 0.274 e. The van der Waals surface area contributed by atoms with Crippen LogP contribution in [0, 0.1) is 10.1 Å². The molecule has 1 unspecified atom stereocenters. The molecule has 0 amide bonds. The lowest BCUT2D eigenvalue weighted by Crippen LogP contribution is -2.18. The molecule has 0 aliphatic heterocycles. The third-order valence-corrected chi connectivity index (χ3v) is 3.43. The second-order valence-electron chi connectivity index (χ2n) is 4.85. The summed E-state index contributed by atoms with van der Waals surface area (Å²) in [7, 11) is 0. The highest BCUT2D eigenvalue weighted by Gasteiger charge is 2.14. The van der Waals surface area contributed by atoms with Crippen molar-refractivity contribution >= 4 is 11.4 Å². The van der Waals surface area contributed by atoms with E-state index in [9.17, 15) is 10.1 Å². The van der Waals surface area contributed by atoms with Crippen LogP contribution in [-0.2, 0) is 6.42 Å². The van der Waals surface area contributed by atoms with Gasteiger partial charge in [-0.15, -0.1) is 0 Å². The molecule has 19 heavy (non-hydrogen) atoms. The van der Waals surface area contributed by atoms with Crippen LogP contribution in [0.4, 0.5) is 11.4 Å². The number of nitro benzene ring substituents is 1. The molecule has 0 bridgehead atoms. The molecule has 0 radical (unpaired) electrons. The van der Waals surface area contributed by atoms with Gasteiger partial charge in [0.1, 0.15) is 0 Å². The van der Waals surface area contributed by atoms with Gasteiger partial charge in [-0.05, 0) is 25.3 Å². The molecule has 0 aliphatic carbocycles. The van der Waals surface area contributed by atoms with Gasteiger partial charge in [-0.25, -0.2) is 0 Å². The Morgan fingerprint density at radius 3 is 2.58 bits per heavy atom. The lowest BCUT2D eigenvalue weighted by molar-refractivity contribution is -0.385. The number of benzene rings is 1. The average Bonchev–Trinajstić information content (AvgIpc) is 2.43. The Morgan fingerprint density at radius 2 is 2.05 bits per heavy atom. The lowest BCUT2D eigenvalue weighted by Gasteiger charge is -2.18. The van der Waals surface area contributed by atoms with Gasteiger partial charge in [0.05, 0.1) is 4.92 Å². The number of rotatable bonds is 8. The van der Waals surface area contributed by atoms with E-state index >= 15 is 0 Å². The number of unbranched alkanes of at least 4 members (excludes halogenated alkanes) is 1. The van der Waals surface area contributed by atoms with Crippen LogP contribution < -0.4 is 5.32 Å². The van der Waals surface area contributed by atoms with Gasteiger partial charge in [-0.1, -0.05) is 39.7 Å². The Bertz CT molecular complexity index is 419. The van der Waals surface area contributed by atoms with Crippen LogP contribution in [0.2, 0.25) is 0 Å². The van der Waals surface area contributed by atoms with E-state index in [1.165, 1.54) is 12.8 Å². The molecule has 1 aromatic carbocycles. The Hall–Kier alpha value is -1.58. The molecule has 0 saturated heterocycles. The topological polar surface area (TPSA) is 55.2 Å². The predicted molar refractivity (Wildman–Crippen MR) is 79.7 cm³/mol. The maximum Gasteiger partial charge on any atom is 0.274 e. The van der Waals surface area contributed by atoms with Gasteiger partial charge in [-0.2, -0.15) is 0 Å². The molecule has 1 N–H and O–H groups in total. The fourth-order valence-corrected chi connectivity index (χ4v) is 2.19. The molecule has 0 spiro atoms. The molecular weight excluding hydrogens is 240 g/mol. The van der Waals surface area contributed by atoms with Crippen molar-refractivity contribution in [3.8, 4) is 0 Å². The number of hydrogen-bond acceptors (Lipinski definition) is 3. The number of aryl methyl sites for hydroxylation is 1. The van der Waals surface area contributed by atoms with Crippen molar-refractivity contribution in [2.24, 2.45) is 0 Å². The van der Waals surface area contributed by atoms with Crippen molar-refractivity contribution in [3.05, 3.63) is 33.9 Å². The Morgan fingerprint density at radius 1 is 1.32 bits per heavy atom. The predicted octanol–water partition coefficient (Wildman–Crippen LogP) is 4.54. The number of nitrogens with one attached hydrogen (secondary N) is 1. The zero-order valence-electron chi connectivity index (χ0n) is 12.1. The van der Waals surface area contributed by atoms with Gasteiger partial charge >= 0.3 is 0 Å². The van der Waals surface area contributed by atoms with Crippen LogP contribution in [0.25, 0.3) is 0 Å². The van der Waals surface area contributed by atoms with E-state index in [-0.39, 0.29) is 10.6 Å². The lowest BCUT2D eigenvalue weighted by atomic mass is 10.1. The third kappa shape index (κ3) is 4.54. The minimum atomic E-state index is -0.295. The van der Waals surface area contributed by atoms with Crippen molar-refractivity contribution in [3.63, 3.8) is 0 Å². The summed E-state index contributed by atoms with van der Waals surface area (Å²) in [5.74, 6) is 0. The van der Waals surface area contributed by atoms with E-state index in [0.29, 0.717) is 12.5 Å². The molecule has 0 heterocycles. The van der Waals surface area contributed by atoms with E-state index in [1.54, 1.807) is 6.07 Å². The van der Waals surface area contributed by atoms with Crippen molar-refractivity contribution in [1.82, 2.24) is 0 Å². The second kappa shape index (κ2) is 7.77. The van der Waals surface area contributed by atoms with Gasteiger partial charge in [0.25, 0.3) is 5.69 Å². The number of anilines is 1. The zero-order valence-corrected chi connectivity index (χ0v) is 12.1. The average molecular weight is 264 g/mol. The molecule has 4 heteroatoms. The summed E-state index contributed by atoms with van der Waals surface area (Å²) in [5.41, 5.74) is 1.86. The first-order valence-electron chi connectivity index (χ1n) is 7.16. The summed E-state index contributed by atoms with van der Waals surface area (Å²) in [4.78, 5) is 10.7. The fraction of sp³-hybridized carbons (Fsp3) is 0.600. The van der Waals surface area contributed by atoms with E-state index < -0.39 is 0 Å². The van der Waals surface area contributed by atoms with Gasteiger partial charge in [0, 0.05) is 23.4 Å². The van der Waals surface area contributed by atoms with Gasteiger partial charge in [-0.3, -0.25) is 10.1 Å². The van der Waals surface area contributed by atoms with E-state index in [2.05, 4.69) is 19.2 Å². The molecule has 0 aliphatic rings. The molecule has 0 saturated carbocycles. The Kier molecular flexibility index (Phi) is 6.33. The minimum absolute atomic E-state index is 0.220. The van der Waals surface area contributed by atoms with Crippen LogP contribution in [0.5, 0.6) is 0 Å². The van der Waals surface area contributed by atoms with Crippen LogP contribution >= 0.6 is 0 Å². The first-order valence-corrected chi connectivity index (χ1v) is 7.16. The summed E-state index contributed by atoms with van der Waals surface area (Å²) >= 11 is 0. The Balaban J connectivity index is 2.83. The maximum absolute atomic E-state index is 11.0. The minimum Gasteiger partial charge on any atom is -0.382 e. The highest BCUT2D eigenvalue weighted by atomic mass is 16.6. The molecule has 4 nitrogen and oxygen atoms in total. The summed E-state index contributed by atoms with van der Waals surface area (Å²) in [6.45, 7) is 6.25. The van der Waals surface area contributed by atoms with Crippen LogP contribution in [0.15, 0.2) is 18.2 Å². The van der Waals surface area contributed by atoms with E-state index in [1.807, 2.05) is 19.1 Å². The summed E-state index contributed by atoms with van der Waals surface area (Å²) < 4.78 is 0. The maximum atomic E-state index is 11.0. The molecule has 1 rings (SSSR count). The van der Waals surface area contributed by atoms with Crippen molar-refractivity contribution in [1.29, 1.82) is 0 Å². The standard InChI is InChI=1S/C15H24N2O2/c1-4-7-8-13(6-3)16-14-10-9-12(5-2)15(11-14)17(18)19/h9-11,13,16H,4-8H2,1-3H3. The van der Waals surface area contributed by atoms with Crippen molar-refractivity contribution < 1.29 is 4.92 Å². The van der Waals surface area contributed by atoms with E-state index in [4.69, 9.17) is 0 Å². The highest BCUT2D eigenvalue weighted by molar-refractivity contribution is 5.55. The summed E-state index contributed by atoms with van der Waals surface area (Å²) in [6, 6.07) is 5.85. The quantitative estimate of drug-likeness (QED) is 0.554. The van der Waals surface area contributed by atoms with Crippen LogP contribution in [0.1, 0.15) is 52.0 Å². The molecule has 1 atom stereocenters. The third-order valence-electron chi connectivity index (χ3n) is 3.43. The van der Waals surface area contributed by atoms with Gasteiger partial charge in [0.2, 0.25) is 0 Å². The Labute approximate surface area is 115 Å². The number of nitrogens with zero attached hydrogens (tertiary/aromatic N) is 1. The van der Waals surface area contributed by atoms with Crippen molar-refractivity contribution in [2.45, 2.75) is 58.9 Å². The number of nitro groups is 1. The first kappa shape index (κ1) is 15.5. The number of hydrogen-bond donors (Lipinski definition) is 1. The molecule has 1 aromatic rings. The van der Waals surface area contributed by atoms with Crippen molar-refractivity contribution in [2.75, 3.05) is 5.32 Å². The fourth-order valence-electron chi connectivity index (χ4n) is 2.19. The molecule has 0 fully saturated rings. The van der Waals surface area contributed by atoms with Crippen LogP contribution in [0.3, 0.4) is 0 Å². The molecule has 106 valence electrons. The SMILES string of the molecule is CCCCC(CC)Nc1ccc(CC)c([N+](=O)[O-])c1. The molecule has 0 aromatic heterocycles. The summed E-state index contributed by atoms with van der Waals surface area (Å²) in [6.07, 6.45) is 5.18. The first-order chi connectivity index (χ1) is 9.12. The largest absolute Gasteiger partial charge is 0.382 e. The normalized spacial score (nSPS) is 12.2. The van der Waals surface area contributed by atoms with Gasteiger partial charge < -0.3 is 5.32 Å². The summed E-state index contributed by atoms with van der Waals surface area (Å²) in [5, 5.41) is 14.4. The van der Waals surface area contributed by atoms with E-state index in [0.717, 1.165) is 24.1 Å². The monoisotopic (exact) mass is 264 g/mol.